The third-order valence-corrected chi connectivity index (χ3v) is 5.07. The summed E-state index contributed by atoms with van der Waals surface area (Å²) in [4.78, 5) is 12.6. The number of hydrogen-bond donors (Lipinski definition) is 0. The van der Waals surface area contributed by atoms with Crippen molar-refractivity contribution in [2.45, 2.75) is 38.6 Å². The van der Waals surface area contributed by atoms with Gasteiger partial charge in [0, 0.05) is 12.4 Å². The van der Waals surface area contributed by atoms with Crippen molar-refractivity contribution in [3.8, 4) is 5.69 Å². The van der Waals surface area contributed by atoms with Crippen LogP contribution in [0.5, 0.6) is 0 Å². The first-order chi connectivity index (χ1) is 11.7. The van der Waals surface area contributed by atoms with Crippen LogP contribution >= 0.6 is 0 Å². The SMILES string of the molecule is Cc1ccc(-n2ccn(Cc3ccc(C4CCC4)cc3)c2=O)cc1. The molecule has 2 aromatic carbocycles. The van der Waals surface area contributed by atoms with Gasteiger partial charge in [-0.25, -0.2) is 4.79 Å². The molecule has 0 atom stereocenters. The molecular weight excluding hydrogens is 296 g/mol. The second-order valence-electron chi connectivity index (χ2n) is 6.78. The fourth-order valence-corrected chi connectivity index (χ4v) is 3.27. The Morgan fingerprint density at radius 1 is 0.958 bits per heavy atom. The van der Waals surface area contributed by atoms with Crippen molar-refractivity contribution in [3.05, 3.63) is 88.1 Å². The first-order valence-electron chi connectivity index (χ1n) is 8.64. The van der Waals surface area contributed by atoms with Crippen LogP contribution in [-0.4, -0.2) is 9.13 Å². The Labute approximate surface area is 142 Å². The molecule has 1 saturated carbocycles. The summed E-state index contributed by atoms with van der Waals surface area (Å²) in [6.45, 7) is 2.66. The first kappa shape index (κ1) is 15.0. The fourth-order valence-electron chi connectivity index (χ4n) is 3.27. The minimum Gasteiger partial charge on any atom is -0.294 e. The molecule has 0 radical (unpaired) electrons. The summed E-state index contributed by atoms with van der Waals surface area (Å²) in [5.41, 5.74) is 4.71. The maximum absolute atomic E-state index is 12.6. The van der Waals surface area contributed by atoms with Gasteiger partial charge < -0.3 is 0 Å². The zero-order valence-electron chi connectivity index (χ0n) is 14.0. The summed E-state index contributed by atoms with van der Waals surface area (Å²) in [6.07, 6.45) is 7.70. The number of benzene rings is 2. The molecule has 0 bridgehead atoms. The van der Waals surface area contributed by atoms with E-state index in [9.17, 15) is 4.79 Å². The lowest BCUT2D eigenvalue weighted by molar-refractivity contribution is 0.419. The van der Waals surface area contributed by atoms with Crippen LogP contribution in [0.3, 0.4) is 0 Å². The monoisotopic (exact) mass is 318 g/mol. The highest BCUT2D eigenvalue weighted by Gasteiger charge is 2.18. The summed E-state index contributed by atoms with van der Waals surface area (Å²) in [6, 6.07) is 16.8. The van der Waals surface area contributed by atoms with E-state index >= 15 is 0 Å². The topological polar surface area (TPSA) is 26.9 Å². The zero-order valence-corrected chi connectivity index (χ0v) is 14.0. The number of aryl methyl sites for hydroxylation is 1. The molecule has 1 aliphatic rings. The Kier molecular flexibility index (Phi) is 3.85. The maximum Gasteiger partial charge on any atom is 0.333 e. The van der Waals surface area contributed by atoms with Gasteiger partial charge in [-0.1, -0.05) is 48.4 Å². The van der Waals surface area contributed by atoms with Gasteiger partial charge in [0.25, 0.3) is 0 Å². The van der Waals surface area contributed by atoms with E-state index in [4.69, 9.17) is 0 Å². The molecule has 0 saturated heterocycles. The van der Waals surface area contributed by atoms with E-state index in [2.05, 4.69) is 24.3 Å². The molecule has 3 nitrogen and oxygen atoms in total. The summed E-state index contributed by atoms with van der Waals surface area (Å²) in [7, 11) is 0. The summed E-state index contributed by atoms with van der Waals surface area (Å²) in [5, 5.41) is 0. The van der Waals surface area contributed by atoms with Crippen molar-refractivity contribution in [2.75, 3.05) is 0 Å². The van der Waals surface area contributed by atoms with Crippen molar-refractivity contribution in [2.24, 2.45) is 0 Å². The number of nitrogens with zero attached hydrogens (tertiary/aromatic N) is 2. The van der Waals surface area contributed by atoms with E-state index in [1.165, 1.54) is 36.0 Å². The normalized spacial score (nSPS) is 14.5. The molecule has 0 N–H and O–H groups in total. The standard InChI is InChI=1S/C21H22N2O/c1-16-5-11-20(12-6-16)23-14-13-22(21(23)24)15-17-7-9-19(10-8-17)18-3-2-4-18/h5-14,18H,2-4,15H2,1H3. The Balaban J connectivity index is 1.54. The quantitative estimate of drug-likeness (QED) is 0.706. The molecular formula is C21H22N2O. The smallest absolute Gasteiger partial charge is 0.294 e. The van der Waals surface area contributed by atoms with Gasteiger partial charge in [0.15, 0.2) is 0 Å². The molecule has 3 heteroatoms. The van der Waals surface area contributed by atoms with Crippen LogP contribution in [0.2, 0.25) is 0 Å². The predicted octanol–water partition coefficient (Wildman–Crippen LogP) is 4.26. The Bertz CT molecular complexity index is 881. The molecule has 0 amide bonds. The van der Waals surface area contributed by atoms with Crippen molar-refractivity contribution in [3.63, 3.8) is 0 Å². The van der Waals surface area contributed by atoms with Gasteiger partial charge in [-0.05, 0) is 48.9 Å². The van der Waals surface area contributed by atoms with Gasteiger partial charge in [0.1, 0.15) is 0 Å². The largest absolute Gasteiger partial charge is 0.333 e. The Morgan fingerprint density at radius 2 is 1.67 bits per heavy atom. The second-order valence-corrected chi connectivity index (χ2v) is 6.78. The highest BCUT2D eigenvalue weighted by molar-refractivity contribution is 5.34. The highest BCUT2D eigenvalue weighted by Crippen LogP contribution is 2.36. The third-order valence-electron chi connectivity index (χ3n) is 5.07. The van der Waals surface area contributed by atoms with E-state index in [-0.39, 0.29) is 5.69 Å². The molecule has 1 heterocycles. The van der Waals surface area contributed by atoms with E-state index in [0.29, 0.717) is 6.54 Å². The van der Waals surface area contributed by atoms with Crippen LogP contribution < -0.4 is 5.69 Å². The lowest BCUT2D eigenvalue weighted by Crippen LogP contribution is -2.23. The lowest BCUT2D eigenvalue weighted by atomic mass is 9.80. The minimum absolute atomic E-state index is 0.00178. The van der Waals surface area contributed by atoms with Crippen molar-refractivity contribution in [1.29, 1.82) is 0 Å². The molecule has 0 spiro atoms. The lowest BCUT2D eigenvalue weighted by Gasteiger charge is -2.25. The van der Waals surface area contributed by atoms with Gasteiger partial charge in [-0.15, -0.1) is 0 Å². The molecule has 0 aliphatic heterocycles. The molecule has 24 heavy (non-hydrogen) atoms. The van der Waals surface area contributed by atoms with Crippen LogP contribution in [0.15, 0.2) is 65.7 Å². The Morgan fingerprint density at radius 3 is 2.29 bits per heavy atom. The summed E-state index contributed by atoms with van der Waals surface area (Å²) < 4.78 is 3.46. The van der Waals surface area contributed by atoms with E-state index < -0.39 is 0 Å². The molecule has 122 valence electrons. The summed E-state index contributed by atoms with van der Waals surface area (Å²) in [5.74, 6) is 0.754. The van der Waals surface area contributed by atoms with Crippen LogP contribution in [-0.2, 0) is 6.54 Å². The zero-order chi connectivity index (χ0) is 16.5. The highest BCUT2D eigenvalue weighted by atomic mass is 16.1. The van der Waals surface area contributed by atoms with Crippen molar-refractivity contribution in [1.82, 2.24) is 9.13 Å². The number of hydrogen-bond acceptors (Lipinski definition) is 1. The molecule has 1 aliphatic carbocycles. The molecule has 4 rings (SSSR count). The average molecular weight is 318 g/mol. The third kappa shape index (κ3) is 2.82. The van der Waals surface area contributed by atoms with Crippen LogP contribution in [0, 0.1) is 6.92 Å². The van der Waals surface area contributed by atoms with Crippen molar-refractivity contribution >= 4 is 0 Å². The van der Waals surface area contributed by atoms with Crippen molar-refractivity contribution < 1.29 is 0 Å². The van der Waals surface area contributed by atoms with Gasteiger partial charge in [0.2, 0.25) is 0 Å². The molecule has 1 fully saturated rings. The van der Waals surface area contributed by atoms with E-state index in [1.807, 2.05) is 43.6 Å². The van der Waals surface area contributed by atoms with Crippen LogP contribution in [0.25, 0.3) is 5.69 Å². The maximum atomic E-state index is 12.6. The fraction of sp³-hybridized carbons (Fsp3) is 0.286. The predicted molar refractivity (Wildman–Crippen MR) is 96.9 cm³/mol. The van der Waals surface area contributed by atoms with Crippen LogP contribution in [0.4, 0.5) is 0 Å². The summed E-state index contributed by atoms with van der Waals surface area (Å²) >= 11 is 0. The molecule has 0 unspecified atom stereocenters. The van der Waals surface area contributed by atoms with Gasteiger partial charge >= 0.3 is 5.69 Å². The first-order valence-corrected chi connectivity index (χ1v) is 8.64. The average Bonchev–Trinajstić information content (AvgIpc) is 2.89. The molecule has 3 aromatic rings. The van der Waals surface area contributed by atoms with E-state index in [1.54, 1.807) is 9.13 Å². The van der Waals surface area contributed by atoms with E-state index in [0.717, 1.165) is 11.6 Å². The van der Waals surface area contributed by atoms with Gasteiger partial charge in [-0.2, -0.15) is 0 Å². The molecule has 1 aromatic heterocycles. The van der Waals surface area contributed by atoms with Gasteiger partial charge in [-0.3, -0.25) is 9.13 Å². The second kappa shape index (κ2) is 6.16. The Hall–Kier alpha value is -2.55. The minimum atomic E-state index is 0.00178. The van der Waals surface area contributed by atoms with Crippen LogP contribution in [0.1, 0.15) is 41.9 Å². The number of rotatable bonds is 4. The number of imidazole rings is 1. The van der Waals surface area contributed by atoms with Gasteiger partial charge in [0.05, 0.1) is 12.2 Å². The number of aromatic nitrogens is 2.